The second-order valence-corrected chi connectivity index (χ2v) is 4.92. The first kappa shape index (κ1) is 14.9. The molecule has 0 bridgehead atoms. The molecule has 0 saturated carbocycles. The summed E-state index contributed by atoms with van der Waals surface area (Å²) in [6.45, 7) is 0. The van der Waals surface area contributed by atoms with Gasteiger partial charge in [0.1, 0.15) is 17.5 Å². The van der Waals surface area contributed by atoms with Gasteiger partial charge in [0.25, 0.3) is 0 Å². The van der Waals surface area contributed by atoms with Crippen LogP contribution in [-0.2, 0) is 6.42 Å². The van der Waals surface area contributed by atoms with E-state index >= 15 is 0 Å². The lowest BCUT2D eigenvalue weighted by atomic mass is 9.98. The van der Waals surface area contributed by atoms with Crippen molar-refractivity contribution in [1.29, 1.82) is 0 Å². The highest BCUT2D eigenvalue weighted by molar-refractivity contribution is 6.30. The molecule has 20 heavy (non-hydrogen) atoms. The number of hydrogen-bond acceptors (Lipinski definition) is 1. The first-order chi connectivity index (χ1) is 9.49. The Morgan fingerprint density at radius 3 is 2.25 bits per heavy atom. The Balaban J connectivity index is 2.28. The molecule has 2 aromatic carbocycles. The van der Waals surface area contributed by atoms with Crippen LogP contribution in [0.15, 0.2) is 36.4 Å². The summed E-state index contributed by atoms with van der Waals surface area (Å²) < 4.78 is 40.2. The number of benzene rings is 2. The summed E-state index contributed by atoms with van der Waals surface area (Å²) in [7, 11) is 1.65. The van der Waals surface area contributed by atoms with Crippen LogP contribution in [0.25, 0.3) is 0 Å². The SMILES string of the molecule is CNC(Cc1ccc(Cl)cc1F)c1cc(F)cc(F)c1. The van der Waals surface area contributed by atoms with Crippen molar-refractivity contribution >= 4 is 11.6 Å². The molecule has 0 aromatic heterocycles. The third-order valence-corrected chi connectivity index (χ3v) is 3.31. The average Bonchev–Trinajstić information content (AvgIpc) is 2.36. The van der Waals surface area contributed by atoms with E-state index in [9.17, 15) is 13.2 Å². The molecule has 1 atom stereocenters. The number of halogens is 4. The van der Waals surface area contributed by atoms with Crippen LogP contribution in [0.3, 0.4) is 0 Å². The van der Waals surface area contributed by atoms with Crippen molar-refractivity contribution in [3.05, 3.63) is 70.0 Å². The van der Waals surface area contributed by atoms with Crippen LogP contribution < -0.4 is 5.32 Å². The van der Waals surface area contributed by atoms with Crippen molar-refractivity contribution in [2.45, 2.75) is 12.5 Å². The Morgan fingerprint density at radius 2 is 1.70 bits per heavy atom. The van der Waals surface area contributed by atoms with Crippen LogP contribution in [0.4, 0.5) is 13.2 Å². The van der Waals surface area contributed by atoms with Gasteiger partial charge in [-0.25, -0.2) is 13.2 Å². The normalized spacial score (nSPS) is 12.4. The summed E-state index contributed by atoms with van der Waals surface area (Å²) >= 11 is 5.69. The van der Waals surface area contributed by atoms with E-state index in [0.717, 1.165) is 6.07 Å². The van der Waals surface area contributed by atoms with Crippen molar-refractivity contribution in [1.82, 2.24) is 5.32 Å². The van der Waals surface area contributed by atoms with Crippen molar-refractivity contribution in [2.75, 3.05) is 7.05 Å². The molecular formula is C15H13ClF3N. The average molecular weight is 300 g/mol. The topological polar surface area (TPSA) is 12.0 Å². The molecule has 0 fully saturated rings. The maximum Gasteiger partial charge on any atom is 0.127 e. The van der Waals surface area contributed by atoms with Gasteiger partial charge in [0.05, 0.1) is 0 Å². The number of likely N-dealkylation sites (N-methyl/N-ethyl adjacent to an activating group) is 1. The third-order valence-electron chi connectivity index (χ3n) is 3.07. The zero-order valence-corrected chi connectivity index (χ0v) is 11.5. The Labute approximate surface area is 120 Å². The van der Waals surface area contributed by atoms with Gasteiger partial charge in [0.2, 0.25) is 0 Å². The van der Waals surface area contributed by atoms with Crippen molar-refractivity contribution < 1.29 is 13.2 Å². The maximum absolute atomic E-state index is 13.8. The summed E-state index contributed by atoms with van der Waals surface area (Å²) in [6.07, 6.45) is 0.266. The van der Waals surface area contributed by atoms with E-state index in [1.165, 1.54) is 18.2 Å². The largest absolute Gasteiger partial charge is 0.313 e. The quantitative estimate of drug-likeness (QED) is 0.889. The van der Waals surface area contributed by atoms with E-state index in [0.29, 0.717) is 16.1 Å². The fraction of sp³-hybridized carbons (Fsp3) is 0.200. The van der Waals surface area contributed by atoms with Crippen LogP contribution in [0.5, 0.6) is 0 Å². The number of rotatable bonds is 4. The summed E-state index contributed by atoms with van der Waals surface area (Å²) in [5.41, 5.74) is 0.859. The molecule has 1 N–H and O–H groups in total. The fourth-order valence-corrected chi connectivity index (χ4v) is 2.23. The summed E-state index contributed by atoms with van der Waals surface area (Å²) in [5, 5.41) is 3.24. The molecule has 5 heteroatoms. The number of nitrogens with one attached hydrogen (secondary N) is 1. The van der Waals surface area contributed by atoms with Crippen LogP contribution in [0, 0.1) is 17.5 Å². The van der Waals surface area contributed by atoms with Gasteiger partial charge in [0.15, 0.2) is 0 Å². The second kappa shape index (κ2) is 6.29. The highest BCUT2D eigenvalue weighted by Crippen LogP contribution is 2.23. The standard InChI is InChI=1S/C15H13ClF3N/c1-20-15(10-4-12(17)8-13(18)5-10)6-9-2-3-11(16)7-14(9)19/h2-5,7-8,15,20H,6H2,1H3. The lowest BCUT2D eigenvalue weighted by Crippen LogP contribution is -2.19. The van der Waals surface area contributed by atoms with Crippen LogP contribution >= 0.6 is 11.6 Å². The monoisotopic (exact) mass is 299 g/mol. The first-order valence-corrected chi connectivity index (χ1v) is 6.44. The van der Waals surface area contributed by atoms with Crippen LogP contribution in [0.2, 0.25) is 5.02 Å². The lowest BCUT2D eigenvalue weighted by Gasteiger charge is -2.17. The van der Waals surface area contributed by atoms with E-state index in [1.54, 1.807) is 19.2 Å². The highest BCUT2D eigenvalue weighted by atomic mass is 35.5. The van der Waals surface area contributed by atoms with Gasteiger partial charge in [-0.15, -0.1) is 0 Å². The third kappa shape index (κ3) is 3.52. The Kier molecular flexibility index (Phi) is 4.68. The molecular weight excluding hydrogens is 287 g/mol. The lowest BCUT2D eigenvalue weighted by molar-refractivity contribution is 0.537. The highest BCUT2D eigenvalue weighted by Gasteiger charge is 2.15. The van der Waals surface area contributed by atoms with E-state index in [2.05, 4.69) is 5.32 Å². The minimum absolute atomic E-state index is 0.266. The first-order valence-electron chi connectivity index (χ1n) is 6.07. The Hall–Kier alpha value is -1.52. The maximum atomic E-state index is 13.8. The molecule has 0 amide bonds. The van der Waals surface area contributed by atoms with Gasteiger partial charge >= 0.3 is 0 Å². The smallest absolute Gasteiger partial charge is 0.127 e. The molecule has 106 valence electrons. The van der Waals surface area contributed by atoms with E-state index in [-0.39, 0.29) is 6.42 Å². The molecule has 2 rings (SSSR count). The summed E-state index contributed by atoms with van der Waals surface area (Å²) in [6, 6.07) is 7.25. The van der Waals surface area contributed by atoms with Gasteiger partial charge in [-0.05, 0) is 48.9 Å². The zero-order chi connectivity index (χ0) is 14.7. The molecule has 0 saturated heterocycles. The molecule has 0 radical (unpaired) electrons. The van der Waals surface area contributed by atoms with Crippen LogP contribution in [-0.4, -0.2) is 7.05 Å². The molecule has 0 aliphatic rings. The number of hydrogen-bond donors (Lipinski definition) is 1. The van der Waals surface area contributed by atoms with E-state index < -0.39 is 23.5 Å². The minimum Gasteiger partial charge on any atom is -0.313 e. The predicted octanol–water partition coefficient (Wildman–Crippen LogP) is 4.26. The summed E-state index contributed by atoms with van der Waals surface area (Å²) in [5.74, 6) is -1.75. The van der Waals surface area contributed by atoms with Crippen molar-refractivity contribution in [3.8, 4) is 0 Å². The van der Waals surface area contributed by atoms with Gasteiger partial charge in [-0.2, -0.15) is 0 Å². The molecule has 0 aliphatic carbocycles. The van der Waals surface area contributed by atoms with Gasteiger partial charge in [0, 0.05) is 17.1 Å². The molecule has 0 aliphatic heterocycles. The van der Waals surface area contributed by atoms with Crippen molar-refractivity contribution in [2.24, 2.45) is 0 Å². The summed E-state index contributed by atoms with van der Waals surface area (Å²) in [4.78, 5) is 0. The molecule has 0 spiro atoms. The van der Waals surface area contributed by atoms with Crippen molar-refractivity contribution in [3.63, 3.8) is 0 Å². The molecule has 1 unspecified atom stereocenters. The molecule has 0 heterocycles. The second-order valence-electron chi connectivity index (χ2n) is 4.48. The predicted molar refractivity (Wildman–Crippen MR) is 73.3 cm³/mol. The van der Waals surface area contributed by atoms with Gasteiger partial charge in [-0.3, -0.25) is 0 Å². The Bertz CT molecular complexity index is 596. The molecule has 1 nitrogen and oxygen atoms in total. The van der Waals surface area contributed by atoms with Gasteiger partial charge in [-0.1, -0.05) is 17.7 Å². The fourth-order valence-electron chi connectivity index (χ4n) is 2.07. The van der Waals surface area contributed by atoms with Crippen LogP contribution in [0.1, 0.15) is 17.2 Å². The van der Waals surface area contributed by atoms with E-state index in [4.69, 9.17) is 11.6 Å². The molecule has 2 aromatic rings. The zero-order valence-electron chi connectivity index (χ0n) is 10.8. The van der Waals surface area contributed by atoms with E-state index in [1.807, 2.05) is 0 Å². The Morgan fingerprint density at radius 1 is 1.05 bits per heavy atom. The van der Waals surface area contributed by atoms with Gasteiger partial charge < -0.3 is 5.32 Å². The minimum atomic E-state index is -0.656.